The molecule has 0 unspecified atom stereocenters. The highest BCUT2D eigenvalue weighted by Gasteiger charge is 2.29. The van der Waals surface area contributed by atoms with Gasteiger partial charge >= 0.3 is 5.97 Å². The molecule has 2 N–H and O–H groups in total. The van der Waals surface area contributed by atoms with Crippen LogP contribution in [-0.4, -0.2) is 48.7 Å². The van der Waals surface area contributed by atoms with Crippen LogP contribution in [0.3, 0.4) is 0 Å². The van der Waals surface area contributed by atoms with Crippen molar-refractivity contribution in [1.82, 2.24) is 9.97 Å². The van der Waals surface area contributed by atoms with Crippen molar-refractivity contribution < 1.29 is 9.53 Å². The second kappa shape index (κ2) is 9.98. The Hall–Kier alpha value is -2.83. The molecule has 0 aliphatic carbocycles. The number of carbonyl (C=O) groups excluding carboxylic acids is 1. The lowest BCUT2D eigenvalue weighted by atomic mass is 9.90. The van der Waals surface area contributed by atoms with Crippen molar-refractivity contribution >= 4 is 23.3 Å². The van der Waals surface area contributed by atoms with Gasteiger partial charge in [0, 0.05) is 26.2 Å². The fourth-order valence-corrected chi connectivity index (χ4v) is 4.76. The van der Waals surface area contributed by atoms with Crippen LogP contribution in [0.4, 0.5) is 17.3 Å². The molecule has 1 aromatic heterocycles. The number of nitrogens with zero attached hydrogens (tertiary/aromatic N) is 4. The number of esters is 1. The molecule has 1 aromatic carbocycles. The van der Waals surface area contributed by atoms with Crippen molar-refractivity contribution in [2.24, 2.45) is 11.8 Å². The Morgan fingerprint density at radius 3 is 2.16 bits per heavy atom. The molecule has 2 aliphatic heterocycles. The zero-order valence-corrected chi connectivity index (χ0v) is 18.4. The van der Waals surface area contributed by atoms with Gasteiger partial charge in [-0.2, -0.15) is 0 Å². The molecule has 0 spiro atoms. The monoisotopic (exact) mass is 423 g/mol. The van der Waals surface area contributed by atoms with Crippen LogP contribution in [0.1, 0.15) is 38.2 Å². The van der Waals surface area contributed by atoms with Gasteiger partial charge in [0.15, 0.2) is 11.6 Å². The summed E-state index contributed by atoms with van der Waals surface area (Å²) in [5, 5.41) is 0. The van der Waals surface area contributed by atoms with Gasteiger partial charge in [-0.1, -0.05) is 30.3 Å². The Labute approximate surface area is 184 Å². The van der Waals surface area contributed by atoms with E-state index in [2.05, 4.69) is 50.1 Å². The average Bonchev–Trinajstić information content (AvgIpc) is 2.81. The lowest BCUT2D eigenvalue weighted by molar-refractivity contribution is -0.148. The third kappa shape index (κ3) is 5.09. The Bertz CT molecular complexity index is 860. The summed E-state index contributed by atoms with van der Waals surface area (Å²) < 4.78 is 5.18. The maximum atomic E-state index is 12.0. The largest absolute Gasteiger partial charge is 0.466 e. The van der Waals surface area contributed by atoms with E-state index in [4.69, 9.17) is 10.5 Å². The summed E-state index contributed by atoms with van der Waals surface area (Å²) in [7, 11) is 0. The first-order valence-electron chi connectivity index (χ1n) is 11.5. The highest BCUT2D eigenvalue weighted by atomic mass is 16.5. The fraction of sp³-hybridized carbons (Fsp3) is 0.542. The number of hydrogen-bond donors (Lipinski definition) is 1. The first-order valence-corrected chi connectivity index (χ1v) is 11.5. The van der Waals surface area contributed by atoms with Gasteiger partial charge < -0.3 is 20.3 Å². The molecule has 31 heavy (non-hydrogen) atoms. The zero-order chi connectivity index (χ0) is 21.6. The number of ether oxygens (including phenoxy) is 1. The molecule has 2 aromatic rings. The Morgan fingerprint density at radius 1 is 1.00 bits per heavy atom. The third-order valence-corrected chi connectivity index (χ3v) is 6.54. The smallest absolute Gasteiger partial charge is 0.309 e. The van der Waals surface area contributed by atoms with Crippen molar-refractivity contribution in [2.45, 2.75) is 39.0 Å². The van der Waals surface area contributed by atoms with Crippen LogP contribution in [0.2, 0.25) is 0 Å². The Balaban J connectivity index is 1.36. The minimum atomic E-state index is -0.0862. The predicted octanol–water partition coefficient (Wildman–Crippen LogP) is 3.30. The van der Waals surface area contributed by atoms with Crippen molar-refractivity contribution in [3.8, 4) is 0 Å². The van der Waals surface area contributed by atoms with Crippen molar-refractivity contribution in [2.75, 3.05) is 48.3 Å². The highest BCUT2D eigenvalue weighted by Crippen LogP contribution is 2.34. The fourth-order valence-electron chi connectivity index (χ4n) is 4.76. The topological polar surface area (TPSA) is 84.6 Å². The first-order chi connectivity index (χ1) is 15.2. The number of anilines is 3. The van der Waals surface area contributed by atoms with Crippen LogP contribution in [0.5, 0.6) is 0 Å². The molecule has 0 radical (unpaired) electrons. The number of aromatic nitrogens is 2. The van der Waals surface area contributed by atoms with Crippen LogP contribution in [0, 0.1) is 11.8 Å². The van der Waals surface area contributed by atoms with Crippen molar-refractivity contribution in [3.63, 3.8) is 0 Å². The van der Waals surface area contributed by atoms with E-state index >= 15 is 0 Å². The van der Waals surface area contributed by atoms with Crippen LogP contribution < -0.4 is 15.5 Å². The number of benzene rings is 1. The number of carbonyl (C=O) groups is 1. The lowest BCUT2D eigenvalue weighted by Gasteiger charge is -2.35. The quantitative estimate of drug-likeness (QED) is 0.714. The van der Waals surface area contributed by atoms with Gasteiger partial charge in [0.1, 0.15) is 12.0 Å². The lowest BCUT2D eigenvalue weighted by Crippen LogP contribution is -2.39. The van der Waals surface area contributed by atoms with E-state index in [1.165, 1.54) is 5.56 Å². The van der Waals surface area contributed by atoms with Crippen molar-refractivity contribution in [3.05, 3.63) is 42.2 Å². The van der Waals surface area contributed by atoms with Crippen LogP contribution in [0.25, 0.3) is 0 Å². The van der Waals surface area contributed by atoms with Crippen LogP contribution in [-0.2, 0) is 16.0 Å². The molecule has 4 rings (SSSR count). The van der Waals surface area contributed by atoms with Gasteiger partial charge in [-0.05, 0) is 50.5 Å². The first kappa shape index (κ1) is 21.4. The van der Waals surface area contributed by atoms with Gasteiger partial charge in [-0.25, -0.2) is 9.97 Å². The average molecular weight is 424 g/mol. The number of nitrogen functional groups attached to an aromatic ring is 1. The van der Waals surface area contributed by atoms with Gasteiger partial charge in [0.05, 0.1) is 12.5 Å². The second-order valence-corrected chi connectivity index (χ2v) is 8.57. The van der Waals surface area contributed by atoms with Gasteiger partial charge in [-0.15, -0.1) is 0 Å². The van der Waals surface area contributed by atoms with E-state index in [1.54, 1.807) is 6.33 Å². The van der Waals surface area contributed by atoms with E-state index in [9.17, 15) is 4.79 Å². The van der Waals surface area contributed by atoms with E-state index in [0.717, 1.165) is 69.9 Å². The summed E-state index contributed by atoms with van der Waals surface area (Å²) in [5.74, 6) is 2.22. The molecule has 2 fully saturated rings. The van der Waals surface area contributed by atoms with Gasteiger partial charge in [-0.3, -0.25) is 4.79 Å². The maximum Gasteiger partial charge on any atom is 0.309 e. The molecule has 0 saturated carbocycles. The molecule has 0 atom stereocenters. The molecule has 0 amide bonds. The van der Waals surface area contributed by atoms with Gasteiger partial charge in [0.25, 0.3) is 0 Å². The summed E-state index contributed by atoms with van der Waals surface area (Å²) in [6.45, 7) is 5.71. The standard InChI is InChI=1S/C24H33N5O2/c1-2-31-24(30)20-10-14-29(15-11-20)23-21(25)22(26-17-27-23)28-12-8-19(9-13-28)16-18-6-4-3-5-7-18/h3-7,17,19-20H,2,8-16,25H2,1H3. The van der Waals surface area contributed by atoms with E-state index in [0.29, 0.717) is 18.2 Å². The SMILES string of the molecule is CCOC(=O)C1CCN(c2ncnc(N3CCC(Cc4ccccc4)CC3)c2N)CC1. The minimum Gasteiger partial charge on any atom is -0.466 e. The van der Waals surface area contributed by atoms with Gasteiger partial charge in [0.2, 0.25) is 0 Å². The third-order valence-electron chi connectivity index (χ3n) is 6.54. The number of nitrogens with two attached hydrogens (primary N) is 1. The second-order valence-electron chi connectivity index (χ2n) is 8.57. The van der Waals surface area contributed by atoms with E-state index < -0.39 is 0 Å². The number of piperidine rings is 2. The van der Waals surface area contributed by atoms with E-state index in [-0.39, 0.29) is 11.9 Å². The minimum absolute atomic E-state index is 0.0256. The van der Waals surface area contributed by atoms with Crippen LogP contribution >= 0.6 is 0 Å². The number of hydrogen-bond acceptors (Lipinski definition) is 7. The highest BCUT2D eigenvalue weighted by molar-refractivity contribution is 5.77. The summed E-state index contributed by atoms with van der Waals surface area (Å²) >= 11 is 0. The molecule has 7 nitrogen and oxygen atoms in total. The Kier molecular flexibility index (Phi) is 6.89. The molecule has 2 saturated heterocycles. The summed E-state index contributed by atoms with van der Waals surface area (Å²) in [6, 6.07) is 10.7. The molecule has 0 bridgehead atoms. The predicted molar refractivity (Wildman–Crippen MR) is 123 cm³/mol. The summed E-state index contributed by atoms with van der Waals surface area (Å²) in [6.07, 6.45) is 6.56. The van der Waals surface area contributed by atoms with E-state index in [1.807, 2.05) is 6.92 Å². The number of rotatable bonds is 6. The molecule has 3 heterocycles. The van der Waals surface area contributed by atoms with Crippen LogP contribution in [0.15, 0.2) is 36.7 Å². The normalized spacial score (nSPS) is 18.2. The van der Waals surface area contributed by atoms with Crippen molar-refractivity contribution in [1.29, 1.82) is 0 Å². The molecular formula is C24H33N5O2. The maximum absolute atomic E-state index is 12.0. The molecule has 7 heteroatoms. The summed E-state index contributed by atoms with van der Waals surface area (Å²) in [5.41, 5.74) is 8.61. The summed E-state index contributed by atoms with van der Waals surface area (Å²) in [4.78, 5) is 25.5. The molecular weight excluding hydrogens is 390 g/mol. The molecule has 2 aliphatic rings. The molecule has 166 valence electrons. The zero-order valence-electron chi connectivity index (χ0n) is 18.4. The Morgan fingerprint density at radius 2 is 1.58 bits per heavy atom.